The van der Waals surface area contributed by atoms with E-state index >= 15 is 0 Å². The van der Waals surface area contributed by atoms with Gasteiger partial charge in [-0.25, -0.2) is 9.97 Å². The molecule has 1 aliphatic rings. The normalized spacial score (nSPS) is 13.9. The molecule has 0 fully saturated rings. The van der Waals surface area contributed by atoms with Crippen LogP contribution < -0.4 is 0 Å². The lowest BCUT2D eigenvalue weighted by Gasteiger charge is -2.22. The third-order valence-corrected chi connectivity index (χ3v) is 2.06. The summed E-state index contributed by atoms with van der Waals surface area (Å²) in [5.74, 6) is 0. The predicted molar refractivity (Wildman–Crippen MR) is 64.8 cm³/mol. The van der Waals surface area contributed by atoms with Gasteiger partial charge in [0.25, 0.3) is 0 Å². The minimum atomic E-state index is 0.970. The van der Waals surface area contributed by atoms with E-state index in [0.29, 0.717) is 0 Å². The molecule has 0 N–H and O–H groups in total. The Hall–Kier alpha value is -0.960. The molecule has 0 unspecified atom stereocenters. The first-order valence-corrected chi connectivity index (χ1v) is 5.82. The molecule has 0 aliphatic carbocycles. The van der Waals surface area contributed by atoms with Gasteiger partial charge in [0.05, 0.1) is 5.69 Å². The topological polar surface area (TPSA) is 29.0 Å². The fourth-order valence-electron chi connectivity index (χ4n) is 1.38. The molecule has 3 heteroatoms. The minimum Gasteiger partial charge on any atom is -0.300 e. The van der Waals surface area contributed by atoms with Gasteiger partial charge in [-0.05, 0) is 19.0 Å². The van der Waals surface area contributed by atoms with Crippen LogP contribution >= 0.6 is 0 Å². The van der Waals surface area contributed by atoms with Gasteiger partial charge in [0, 0.05) is 19.3 Å². The molecule has 1 aliphatic heterocycles. The molecule has 0 atom stereocenters. The first-order valence-electron chi connectivity index (χ1n) is 5.82. The summed E-state index contributed by atoms with van der Waals surface area (Å²) in [7, 11) is 2.12. The lowest BCUT2D eigenvalue weighted by atomic mass is 10.1. The highest BCUT2D eigenvalue weighted by atomic mass is 15.1. The summed E-state index contributed by atoms with van der Waals surface area (Å²) in [6, 6.07) is 0. The summed E-state index contributed by atoms with van der Waals surface area (Å²) in [6.45, 7) is 10.1. The van der Waals surface area contributed by atoms with Crippen molar-refractivity contribution in [2.45, 2.75) is 40.7 Å². The summed E-state index contributed by atoms with van der Waals surface area (Å²) in [5.41, 5.74) is 2.50. The molecule has 1 aromatic heterocycles. The molecule has 0 bridgehead atoms. The monoisotopic (exact) mass is 209 g/mol. The summed E-state index contributed by atoms with van der Waals surface area (Å²) < 4.78 is 0. The van der Waals surface area contributed by atoms with Gasteiger partial charge in [-0.15, -0.1) is 0 Å². The van der Waals surface area contributed by atoms with Gasteiger partial charge in [0.2, 0.25) is 0 Å². The van der Waals surface area contributed by atoms with E-state index in [2.05, 4.69) is 21.9 Å². The van der Waals surface area contributed by atoms with Crippen molar-refractivity contribution >= 4 is 0 Å². The van der Waals surface area contributed by atoms with Crippen LogP contribution in [-0.4, -0.2) is 28.5 Å². The van der Waals surface area contributed by atoms with Crippen molar-refractivity contribution in [2.75, 3.05) is 13.6 Å². The number of hydrogen-bond acceptors (Lipinski definition) is 3. The van der Waals surface area contributed by atoms with E-state index < -0.39 is 0 Å². The summed E-state index contributed by atoms with van der Waals surface area (Å²) in [6.07, 6.45) is 4.64. The van der Waals surface area contributed by atoms with E-state index in [1.165, 1.54) is 11.3 Å². The Morgan fingerprint density at radius 2 is 1.87 bits per heavy atom. The number of hydrogen-bond donors (Lipinski definition) is 0. The van der Waals surface area contributed by atoms with Gasteiger partial charge in [-0.2, -0.15) is 0 Å². The number of likely N-dealkylation sites (N-methyl/N-ethyl adjacent to an activating group) is 1. The zero-order valence-electron chi connectivity index (χ0n) is 10.6. The van der Waals surface area contributed by atoms with Crippen molar-refractivity contribution in [3.63, 3.8) is 0 Å². The van der Waals surface area contributed by atoms with E-state index in [1.54, 1.807) is 6.33 Å². The maximum atomic E-state index is 4.22. The highest BCUT2D eigenvalue weighted by Crippen LogP contribution is 2.12. The molecular formula is C12H23N3. The third-order valence-electron chi connectivity index (χ3n) is 2.06. The van der Waals surface area contributed by atoms with Gasteiger partial charge >= 0.3 is 0 Å². The lowest BCUT2D eigenvalue weighted by molar-refractivity contribution is 0.307. The maximum absolute atomic E-state index is 4.22. The number of aromatic nitrogens is 2. The fraction of sp³-hybridized carbons (Fsp3) is 0.667. The molecule has 0 spiro atoms. The predicted octanol–water partition coefficient (Wildman–Crippen LogP) is 2.52. The summed E-state index contributed by atoms with van der Waals surface area (Å²) in [4.78, 5) is 10.5. The van der Waals surface area contributed by atoms with Crippen molar-refractivity contribution in [1.82, 2.24) is 14.9 Å². The van der Waals surface area contributed by atoms with Crippen molar-refractivity contribution < 1.29 is 0 Å². The zero-order valence-corrected chi connectivity index (χ0v) is 10.6. The van der Waals surface area contributed by atoms with Crippen molar-refractivity contribution in [2.24, 2.45) is 0 Å². The molecule has 0 saturated carbocycles. The Kier molecular flexibility index (Phi) is 7.82. The van der Waals surface area contributed by atoms with Crippen LogP contribution in [-0.2, 0) is 13.0 Å². The maximum Gasteiger partial charge on any atom is 0.115 e. The first-order chi connectivity index (χ1) is 7.36. The fourth-order valence-corrected chi connectivity index (χ4v) is 1.38. The van der Waals surface area contributed by atoms with E-state index in [4.69, 9.17) is 0 Å². The Morgan fingerprint density at radius 1 is 1.20 bits per heavy atom. The van der Waals surface area contributed by atoms with Crippen LogP contribution in [0.5, 0.6) is 0 Å². The van der Waals surface area contributed by atoms with E-state index in [0.717, 1.165) is 19.5 Å². The molecule has 1 aromatic rings. The quantitative estimate of drug-likeness (QED) is 0.657. The molecule has 86 valence electrons. The van der Waals surface area contributed by atoms with Crippen LogP contribution in [0.2, 0.25) is 0 Å². The zero-order chi connectivity index (χ0) is 11.7. The van der Waals surface area contributed by atoms with Crippen molar-refractivity contribution in [3.8, 4) is 0 Å². The Labute approximate surface area is 93.6 Å². The van der Waals surface area contributed by atoms with Crippen LogP contribution in [0.3, 0.4) is 0 Å². The highest BCUT2D eigenvalue weighted by molar-refractivity contribution is 5.18. The largest absolute Gasteiger partial charge is 0.300 e. The van der Waals surface area contributed by atoms with Gasteiger partial charge in [-0.1, -0.05) is 27.7 Å². The van der Waals surface area contributed by atoms with Crippen LogP contribution in [0.4, 0.5) is 0 Å². The van der Waals surface area contributed by atoms with Gasteiger partial charge in [0.1, 0.15) is 6.33 Å². The van der Waals surface area contributed by atoms with Crippen molar-refractivity contribution in [1.29, 1.82) is 0 Å². The second kappa shape index (κ2) is 8.36. The number of nitrogens with zero attached hydrogens (tertiary/aromatic N) is 3. The van der Waals surface area contributed by atoms with E-state index in [1.807, 2.05) is 33.9 Å². The molecule has 2 rings (SSSR count). The summed E-state index contributed by atoms with van der Waals surface area (Å²) in [5, 5.41) is 0. The average molecular weight is 209 g/mol. The Balaban J connectivity index is 0.000000442. The standard InChI is InChI=1S/C8H11N3.2C2H6/c1-11-3-2-7-4-9-6-10-8(7)5-11;2*1-2/h4,6H,2-3,5H2,1H3;2*1-2H3. The van der Waals surface area contributed by atoms with Crippen LogP contribution in [0, 0.1) is 0 Å². The van der Waals surface area contributed by atoms with Crippen LogP contribution in [0.25, 0.3) is 0 Å². The minimum absolute atomic E-state index is 0.970. The first kappa shape index (κ1) is 14.0. The van der Waals surface area contributed by atoms with Crippen LogP contribution in [0.1, 0.15) is 39.0 Å². The van der Waals surface area contributed by atoms with Gasteiger partial charge < -0.3 is 4.90 Å². The van der Waals surface area contributed by atoms with Gasteiger partial charge in [-0.3, -0.25) is 0 Å². The molecule has 3 nitrogen and oxygen atoms in total. The second-order valence-corrected chi connectivity index (χ2v) is 2.98. The molecule has 0 amide bonds. The SMILES string of the molecule is CC.CC.CN1CCc2cncnc2C1. The number of fused-ring (bicyclic) bond motifs is 1. The van der Waals surface area contributed by atoms with E-state index in [9.17, 15) is 0 Å². The lowest BCUT2D eigenvalue weighted by Crippen LogP contribution is -2.27. The molecule has 0 saturated heterocycles. The molecule has 15 heavy (non-hydrogen) atoms. The molecule has 0 aromatic carbocycles. The Morgan fingerprint density at radius 3 is 2.53 bits per heavy atom. The van der Waals surface area contributed by atoms with E-state index in [-0.39, 0.29) is 0 Å². The molecule has 0 radical (unpaired) electrons. The smallest absolute Gasteiger partial charge is 0.115 e. The Bertz CT molecular complexity index is 261. The average Bonchev–Trinajstić information content (AvgIpc) is 2.34. The molecular weight excluding hydrogens is 186 g/mol. The van der Waals surface area contributed by atoms with Crippen molar-refractivity contribution in [3.05, 3.63) is 23.8 Å². The van der Waals surface area contributed by atoms with Crippen LogP contribution in [0.15, 0.2) is 12.5 Å². The molecule has 2 heterocycles. The summed E-state index contributed by atoms with van der Waals surface area (Å²) >= 11 is 0. The van der Waals surface area contributed by atoms with Gasteiger partial charge in [0.15, 0.2) is 0 Å². The second-order valence-electron chi connectivity index (χ2n) is 2.98. The number of rotatable bonds is 0. The highest BCUT2D eigenvalue weighted by Gasteiger charge is 2.12. The third kappa shape index (κ3) is 4.38.